The van der Waals surface area contributed by atoms with Gasteiger partial charge in [-0.05, 0) is 37.3 Å². The van der Waals surface area contributed by atoms with E-state index in [1.165, 1.54) is 7.11 Å². The number of hydrogen-bond donors (Lipinski definition) is 1. The molecule has 1 aliphatic rings. The van der Waals surface area contributed by atoms with Gasteiger partial charge in [0.25, 0.3) is 11.8 Å². The molecule has 8 heteroatoms. The molecule has 0 radical (unpaired) electrons. The van der Waals surface area contributed by atoms with Crippen LogP contribution in [0.2, 0.25) is 0 Å². The third-order valence-electron chi connectivity index (χ3n) is 5.09. The molecule has 0 aliphatic carbocycles. The van der Waals surface area contributed by atoms with Crippen molar-refractivity contribution in [3.8, 4) is 5.75 Å². The van der Waals surface area contributed by atoms with Gasteiger partial charge in [0.1, 0.15) is 12.3 Å². The summed E-state index contributed by atoms with van der Waals surface area (Å²) in [6.45, 7) is 3.77. The highest BCUT2D eigenvalue weighted by molar-refractivity contribution is 5.96. The Bertz CT molecular complexity index is 910. The normalized spacial score (nSPS) is 14.5. The standard InChI is InChI=1S/C23H27N3O5/c1-17(23(29)26-13-11-25(12-14-26)19-8-4-3-5-9-19)31-21(27)16-24-22(28)18-7-6-10-20(15-18)30-2/h3-10,15,17H,11-14,16H2,1-2H3,(H,24,28). The quantitative estimate of drug-likeness (QED) is 0.680. The number of hydrogen-bond acceptors (Lipinski definition) is 6. The number of piperazine rings is 1. The zero-order valence-electron chi connectivity index (χ0n) is 17.7. The lowest BCUT2D eigenvalue weighted by Gasteiger charge is -2.37. The van der Waals surface area contributed by atoms with Crippen LogP contribution in [0.25, 0.3) is 0 Å². The molecule has 8 nitrogen and oxygen atoms in total. The summed E-state index contributed by atoms with van der Waals surface area (Å²) in [7, 11) is 1.51. The summed E-state index contributed by atoms with van der Waals surface area (Å²) in [6, 6.07) is 16.6. The number of nitrogens with zero attached hydrogens (tertiary/aromatic N) is 2. The summed E-state index contributed by atoms with van der Waals surface area (Å²) in [6.07, 6.45) is -0.913. The Morgan fingerprint density at radius 1 is 1.00 bits per heavy atom. The van der Waals surface area contributed by atoms with Crippen molar-refractivity contribution in [2.45, 2.75) is 13.0 Å². The summed E-state index contributed by atoms with van der Waals surface area (Å²) in [5.41, 5.74) is 1.49. The van der Waals surface area contributed by atoms with Gasteiger partial charge in [-0.15, -0.1) is 0 Å². The average Bonchev–Trinajstić information content (AvgIpc) is 2.82. The van der Waals surface area contributed by atoms with Crippen LogP contribution in [0, 0.1) is 0 Å². The van der Waals surface area contributed by atoms with Crippen LogP contribution in [0.4, 0.5) is 5.69 Å². The van der Waals surface area contributed by atoms with Gasteiger partial charge in [0.05, 0.1) is 7.11 Å². The van der Waals surface area contributed by atoms with Gasteiger partial charge in [-0.2, -0.15) is 0 Å². The van der Waals surface area contributed by atoms with Crippen LogP contribution in [0.5, 0.6) is 5.75 Å². The van der Waals surface area contributed by atoms with Gasteiger partial charge in [0.2, 0.25) is 0 Å². The first-order chi connectivity index (χ1) is 15.0. The van der Waals surface area contributed by atoms with Gasteiger partial charge in [0.15, 0.2) is 6.10 Å². The molecule has 0 saturated carbocycles. The number of ether oxygens (including phenoxy) is 2. The summed E-state index contributed by atoms with van der Waals surface area (Å²) in [4.78, 5) is 40.8. The van der Waals surface area contributed by atoms with Crippen molar-refractivity contribution >= 4 is 23.5 Å². The van der Waals surface area contributed by atoms with E-state index >= 15 is 0 Å². The van der Waals surface area contributed by atoms with E-state index in [1.807, 2.05) is 30.3 Å². The number of methoxy groups -OCH3 is 1. The Hall–Kier alpha value is -3.55. The number of rotatable bonds is 7. The van der Waals surface area contributed by atoms with E-state index in [1.54, 1.807) is 36.1 Å². The summed E-state index contributed by atoms with van der Waals surface area (Å²) >= 11 is 0. The first-order valence-corrected chi connectivity index (χ1v) is 10.2. The highest BCUT2D eigenvalue weighted by Crippen LogP contribution is 2.16. The van der Waals surface area contributed by atoms with Crippen molar-refractivity contribution < 1.29 is 23.9 Å². The molecular weight excluding hydrogens is 398 g/mol. The Morgan fingerprint density at radius 3 is 2.39 bits per heavy atom. The molecule has 1 unspecified atom stereocenters. The number of carbonyl (C=O) groups excluding carboxylic acids is 3. The minimum absolute atomic E-state index is 0.236. The summed E-state index contributed by atoms with van der Waals surface area (Å²) in [5.74, 6) is -0.783. The van der Waals surface area contributed by atoms with Crippen molar-refractivity contribution in [3.05, 3.63) is 60.2 Å². The maximum Gasteiger partial charge on any atom is 0.326 e. The fraction of sp³-hybridized carbons (Fsp3) is 0.348. The second-order valence-electron chi connectivity index (χ2n) is 7.19. The molecule has 2 amide bonds. The average molecular weight is 425 g/mol. The Morgan fingerprint density at radius 2 is 1.71 bits per heavy atom. The molecule has 164 valence electrons. The SMILES string of the molecule is COc1cccc(C(=O)NCC(=O)OC(C)C(=O)N2CCN(c3ccccc3)CC2)c1. The minimum Gasteiger partial charge on any atom is -0.497 e. The maximum absolute atomic E-state index is 12.6. The summed E-state index contributed by atoms with van der Waals surface area (Å²) < 4.78 is 10.3. The van der Waals surface area contributed by atoms with Crippen LogP contribution in [-0.2, 0) is 14.3 Å². The molecule has 1 saturated heterocycles. The number of nitrogens with one attached hydrogen (secondary N) is 1. The molecule has 2 aromatic carbocycles. The van der Waals surface area contributed by atoms with Gasteiger partial charge in [0, 0.05) is 37.4 Å². The fourth-order valence-electron chi connectivity index (χ4n) is 3.39. The highest BCUT2D eigenvalue weighted by Gasteiger charge is 2.27. The van der Waals surface area contributed by atoms with Gasteiger partial charge >= 0.3 is 5.97 Å². The molecule has 1 atom stereocenters. The predicted molar refractivity (Wildman–Crippen MR) is 116 cm³/mol. The number of para-hydroxylation sites is 1. The molecule has 3 rings (SSSR count). The van der Waals surface area contributed by atoms with E-state index in [2.05, 4.69) is 10.2 Å². The van der Waals surface area contributed by atoms with E-state index in [9.17, 15) is 14.4 Å². The monoisotopic (exact) mass is 425 g/mol. The lowest BCUT2D eigenvalue weighted by molar-refractivity contribution is -0.158. The molecule has 1 N–H and O–H groups in total. The summed E-state index contributed by atoms with van der Waals surface area (Å²) in [5, 5.41) is 2.50. The first-order valence-electron chi connectivity index (χ1n) is 10.2. The van der Waals surface area contributed by atoms with Crippen molar-refractivity contribution in [2.75, 3.05) is 44.7 Å². The van der Waals surface area contributed by atoms with Crippen LogP contribution in [0.15, 0.2) is 54.6 Å². The van der Waals surface area contributed by atoms with Crippen LogP contribution in [0.3, 0.4) is 0 Å². The Balaban J connectivity index is 1.43. The molecule has 0 aromatic heterocycles. The zero-order valence-corrected chi connectivity index (χ0v) is 17.7. The maximum atomic E-state index is 12.6. The van der Waals surface area contributed by atoms with Crippen molar-refractivity contribution in [1.29, 1.82) is 0 Å². The molecule has 0 spiro atoms. The lowest BCUT2D eigenvalue weighted by Crippen LogP contribution is -2.52. The lowest BCUT2D eigenvalue weighted by atomic mass is 10.2. The number of amides is 2. The second kappa shape index (κ2) is 10.5. The smallest absolute Gasteiger partial charge is 0.326 e. The van der Waals surface area contributed by atoms with Crippen LogP contribution in [-0.4, -0.2) is 68.6 Å². The van der Waals surface area contributed by atoms with E-state index in [0.29, 0.717) is 37.5 Å². The Labute approximate surface area is 181 Å². The predicted octanol–water partition coefficient (Wildman–Crippen LogP) is 1.71. The third-order valence-corrected chi connectivity index (χ3v) is 5.09. The van der Waals surface area contributed by atoms with Gasteiger partial charge < -0.3 is 24.6 Å². The molecule has 1 fully saturated rings. The molecule has 0 bridgehead atoms. The van der Waals surface area contributed by atoms with Crippen LogP contribution >= 0.6 is 0 Å². The van der Waals surface area contributed by atoms with Crippen LogP contribution in [0.1, 0.15) is 17.3 Å². The molecular formula is C23H27N3O5. The van der Waals surface area contributed by atoms with Gasteiger partial charge in [-0.1, -0.05) is 24.3 Å². The topological polar surface area (TPSA) is 88.2 Å². The van der Waals surface area contributed by atoms with Crippen molar-refractivity contribution in [3.63, 3.8) is 0 Å². The first kappa shape index (κ1) is 22.1. The number of benzene rings is 2. The zero-order chi connectivity index (χ0) is 22.2. The fourth-order valence-corrected chi connectivity index (χ4v) is 3.39. The van der Waals surface area contributed by atoms with Crippen molar-refractivity contribution in [2.24, 2.45) is 0 Å². The molecule has 1 aliphatic heterocycles. The van der Waals surface area contributed by atoms with E-state index in [4.69, 9.17) is 9.47 Å². The van der Waals surface area contributed by atoms with E-state index in [0.717, 1.165) is 5.69 Å². The number of carbonyl (C=O) groups is 3. The van der Waals surface area contributed by atoms with Gasteiger partial charge in [-0.25, -0.2) is 0 Å². The molecule has 31 heavy (non-hydrogen) atoms. The van der Waals surface area contributed by atoms with Gasteiger partial charge in [-0.3, -0.25) is 14.4 Å². The minimum atomic E-state index is -0.913. The molecule has 1 heterocycles. The van der Waals surface area contributed by atoms with Crippen molar-refractivity contribution in [1.82, 2.24) is 10.2 Å². The van der Waals surface area contributed by atoms with E-state index in [-0.39, 0.29) is 12.5 Å². The number of esters is 1. The second-order valence-corrected chi connectivity index (χ2v) is 7.19. The van der Waals surface area contributed by atoms with Crippen LogP contribution < -0.4 is 15.0 Å². The Kier molecular flexibility index (Phi) is 7.48. The van der Waals surface area contributed by atoms with E-state index < -0.39 is 18.0 Å². The highest BCUT2D eigenvalue weighted by atomic mass is 16.5. The number of anilines is 1. The molecule has 2 aromatic rings. The third kappa shape index (κ3) is 5.97. The largest absolute Gasteiger partial charge is 0.497 e.